The quantitative estimate of drug-likeness (QED) is 0.302. The highest BCUT2D eigenvalue weighted by Crippen LogP contribution is 2.66. The zero-order chi connectivity index (χ0) is 26.6. The Balaban J connectivity index is 1.45. The normalized spacial score (nSPS) is 34.3. The van der Waals surface area contributed by atoms with Gasteiger partial charge in [0.25, 0.3) is 11.4 Å². The van der Waals surface area contributed by atoms with Crippen molar-refractivity contribution < 1.29 is 18.9 Å². The number of hydrogen-bond donors (Lipinski definition) is 0. The Morgan fingerprint density at radius 3 is 1.46 bits per heavy atom. The maximum Gasteiger partial charge on any atom is 0.266 e. The zero-order valence-corrected chi connectivity index (χ0v) is 20.9. The van der Waals surface area contributed by atoms with Crippen LogP contribution in [0.25, 0.3) is 20.8 Å². The predicted molar refractivity (Wildman–Crippen MR) is 136 cm³/mol. The molecule has 6 aliphatic rings. The van der Waals surface area contributed by atoms with Crippen LogP contribution in [0.3, 0.4) is 0 Å². The number of nitrogens with zero attached hydrogens (tertiary/aromatic N) is 4. The molecule has 188 valence electrons. The topological polar surface area (TPSA) is 106 Å². The molecule has 7 unspecified atom stereocenters. The molecular formula is C31H20N4O4. The van der Waals surface area contributed by atoms with E-state index in [1.807, 2.05) is 6.92 Å². The minimum Gasteiger partial charge on any atom is -0.368 e. The Morgan fingerprint density at radius 1 is 0.718 bits per heavy atom. The molecule has 2 aromatic carbocycles. The van der Waals surface area contributed by atoms with Gasteiger partial charge in [0.1, 0.15) is 24.4 Å². The van der Waals surface area contributed by atoms with Crippen LogP contribution in [0.5, 0.6) is 0 Å². The summed E-state index contributed by atoms with van der Waals surface area (Å²) in [6.07, 6.45) is -0.0648. The summed E-state index contributed by atoms with van der Waals surface area (Å²) in [4.78, 5) is 7.31. The molecule has 8 rings (SSSR count). The number of benzene rings is 2. The van der Waals surface area contributed by atoms with E-state index >= 15 is 0 Å². The van der Waals surface area contributed by atoms with E-state index in [4.69, 9.17) is 32.1 Å². The van der Waals surface area contributed by atoms with Crippen LogP contribution in [0.15, 0.2) is 35.7 Å². The summed E-state index contributed by atoms with van der Waals surface area (Å²) in [6.45, 7) is 19.7. The van der Waals surface area contributed by atoms with Crippen molar-refractivity contribution >= 4 is 11.1 Å². The SMILES string of the molecule is [C-]#[N+]/C(C#N)=C1\c2cc(C3CO3)c(C3CO3)cc2C2/C(=C(/C#N)[N+]#[C-])c3cc(C4CO4)c(C4OC4C)cc3C12. The second-order valence-electron chi connectivity index (χ2n) is 10.8. The van der Waals surface area contributed by atoms with Gasteiger partial charge < -0.3 is 18.9 Å². The lowest BCUT2D eigenvalue weighted by molar-refractivity contribution is 0.378. The molecule has 7 atom stereocenters. The maximum atomic E-state index is 10.1. The summed E-state index contributed by atoms with van der Waals surface area (Å²) in [5.41, 5.74) is 8.99. The molecule has 0 aromatic heterocycles. The van der Waals surface area contributed by atoms with E-state index < -0.39 is 0 Å². The first-order chi connectivity index (χ1) is 19.1. The molecule has 2 aliphatic carbocycles. The van der Waals surface area contributed by atoms with E-state index in [1.54, 1.807) is 0 Å². The predicted octanol–water partition coefficient (Wildman–Crippen LogP) is 5.56. The van der Waals surface area contributed by atoms with Crippen molar-refractivity contribution in [3.05, 3.63) is 103 Å². The van der Waals surface area contributed by atoms with Gasteiger partial charge in [-0.1, -0.05) is 12.1 Å². The Labute approximate surface area is 224 Å². The molecule has 0 saturated carbocycles. The van der Waals surface area contributed by atoms with E-state index in [-0.39, 0.29) is 53.7 Å². The summed E-state index contributed by atoms with van der Waals surface area (Å²) < 4.78 is 22.9. The number of hydrogen-bond acceptors (Lipinski definition) is 6. The molecule has 0 N–H and O–H groups in total. The molecule has 8 nitrogen and oxygen atoms in total. The van der Waals surface area contributed by atoms with Crippen molar-refractivity contribution in [3.8, 4) is 12.1 Å². The molecule has 4 saturated heterocycles. The third kappa shape index (κ3) is 3.22. The van der Waals surface area contributed by atoms with Crippen LogP contribution in [-0.2, 0) is 18.9 Å². The second kappa shape index (κ2) is 7.87. The van der Waals surface area contributed by atoms with E-state index in [2.05, 4.69) is 46.1 Å². The lowest BCUT2D eigenvalue weighted by Gasteiger charge is -2.16. The number of rotatable bonds is 4. The fourth-order valence-electron chi connectivity index (χ4n) is 6.74. The summed E-state index contributed by atoms with van der Waals surface area (Å²) in [7, 11) is 0. The van der Waals surface area contributed by atoms with Gasteiger partial charge in [0.2, 0.25) is 0 Å². The molecule has 0 bridgehead atoms. The summed E-state index contributed by atoms with van der Waals surface area (Å²) >= 11 is 0. The van der Waals surface area contributed by atoms with Gasteiger partial charge in [-0.3, -0.25) is 0 Å². The highest BCUT2D eigenvalue weighted by molar-refractivity contribution is 5.98. The molecule has 8 heteroatoms. The third-order valence-corrected chi connectivity index (χ3v) is 8.72. The van der Waals surface area contributed by atoms with Gasteiger partial charge in [0, 0.05) is 11.8 Å². The molecule has 39 heavy (non-hydrogen) atoms. The van der Waals surface area contributed by atoms with Gasteiger partial charge >= 0.3 is 0 Å². The monoisotopic (exact) mass is 512 g/mol. The first-order valence-electron chi connectivity index (χ1n) is 13.0. The molecule has 0 spiro atoms. The van der Waals surface area contributed by atoms with Gasteiger partial charge in [0.15, 0.2) is 0 Å². The van der Waals surface area contributed by atoms with Crippen LogP contribution in [0, 0.1) is 35.8 Å². The van der Waals surface area contributed by atoms with Crippen molar-refractivity contribution in [2.24, 2.45) is 0 Å². The van der Waals surface area contributed by atoms with Gasteiger partial charge in [-0.2, -0.15) is 0 Å². The molecular weight excluding hydrogens is 492 g/mol. The molecule has 2 aromatic rings. The van der Waals surface area contributed by atoms with Crippen molar-refractivity contribution in [3.63, 3.8) is 0 Å². The Bertz CT molecular complexity index is 1720. The van der Waals surface area contributed by atoms with E-state index in [9.17, 15) is 10.5 Å². The highest BCUT2D eigenvalue weighted by Gasteiger charge is 2.51. The number of fused-ring (bicyclic) bond motifs is 5. The Kier molecular flexibility index (Phi) is 4.58. The van der Waals surface area contributed by atoms with Gasteiger partial charge in [-0.05, 0) is 74.7 Å². The van der Waals surface area contributed by atoms with Crippen molar-refractivity contribution in [1.29, 1.82) is 10.5 Å². The lowest BCUT2D eigenvalue weighted by Crippen LogP contribution is -2.02. The van der Waals surface area contributed by atoms with Crippen LogP contribution in [0.2, 0.25) is 0 Å². The first-order valence-corrected chi connectivity index (χ1v) is 13.0. The fraction of sp³-hybridized carbons (Fsp3) is 0.355. The average Bonchev–Trinajstić information content (AvgIpc) is 3.78. The molecule has 4 aliphatic heterocycles. The molecule has 4 fully saturated rings. The van der Waals surface area contributed by atoms with E-state index in [1.165, 1.54) is 0 Å². The standard InChI is InChI=1S/C31H20N4O4/c1-13-31(39-13)21-7-20-18(6-16(21)26-12-38-26)28(23(9-33)35-3)29-19-5-15(25-11-37-25)14(24-10-36-24)4-17(19)27(30(20)29)22(8-32)34-2/h4-7,13,24-26,29-31H,10-12H2,1H3/b27-22+,28-23-. The van der Waals surface area contributed by atoms with Gasteiger partial charge in [0.05, 0.1) is 51.2 Å². The molecule has 4 heterocycles. The smallest absolute Gasteiger partial charge is 0.266 e. The van der Waals surface area contributed by atoms with Crippen LogP contribution in [-0.4, -0.2) is 25.9 Å². The maximum absolute atomic E-state index is 10.1. The van der Waals surface area contributed by atoms with E-state index in [0.717, 1.165) is 44.5 Å². The minimum absolute atomic E-state index is 0.0245. The van der Waals surface area contributed by atoms with Gasteiger partial charge in [-0.25, -0.2) is 20.2 Å². The van der Waals surface area contributed by atoms with Crippen molar-refractivity contribution in [1.82, 2.24) is 0 Å². The van der Waals surface area contributed by atoms with Crippen LogP contribution in [0.1, 0.15) is 87.7 Å². The molecule has 0 radical (unpaired) electrons. The Morgan fingerprint density at radius 2 is 1.10 bits per heavy atom. The molecule has 0 amide bonds. The van der Waals surface area contributed by atoms with Crippen molar-refractivity contribution in [2.45, 2.75) is 49.3 Å². The summed E-state index contributed by atoms with van der Waals surface area (Å²) in [5.74, 6) is -0.740. The largest absolute Gasteiger partial charge is 0.368 e. The third-order valence-electron chi connectivity index (χ3n) is 8.72. The zero-order valence-electron chi connectivity index (χ0n) is 20.9. The van der Waals surface area contributed by atoms with Crippen molar-refractivity contribution in [2.75, 3.05) is 19.8 Å². The number of allylic oxidation sites excluding steroid dienone is 4. The van der Waals surface area contributed by atoms with Gasteiger partial charge in [-0.15, -0.1) is 0 Å². The van der Waals surface area contributed by atoms with Crippen LogP contribution in [0.4, 0.5) is 0 Å². The average molecular weight is 513 g/mol. The fourth-order valence-corrected chi connectivity index (χ4v) is 6.74. The minimum atomic E-state index is -0.371. The second-order valence-corrected chi connectivity index (χ2v) is 10.8. The number of nitriles is 2. The Hall–Kier alpha value is -4.28. The van der Waals surface area contributed by atoms with Crippen LogP contribution < -0.4 is 0 Å². The summed E-state index contributed by atoms with van der Waals surface area (Å²) in [6, 6.07) is 12.6. The van der Waals surface area contributed by atoms with Crippen LogP contribution >= 0.6 is 0 Å². The number of epoxide rings is 4. The lowest BCUT2D eigenvalue weighted by atomic mass is 9.86. The number of ether oxygens (including phenoxy) is 4. The first kappa shape index (κ1) is 22.7. The van der Waals surface area contributed by atoms with E-state index in [0.29, 0.717) is 31.0 Å². The highest BCUT2D eigenvalue weighted by atomic mass is 16.6. The summed E-state index contributed by atoms with van der Waals surface area (Å²) in [5, 5.41) is 20.2.